The fourth-order valence-corrected chi connectivity index (χ4v) is 3.31. The van der Waals surface area contributed by atoms with E-state index in [0.29, 0.717) is 0 Å². The second kappa shape index (κ2) is 8.08. The van der Waals surface area contributed by atoms with Gasteiger partial charge in [0.2, 0.25) is 0 Å². The number of thiazole rings is 1. The van der Waals surface area contributed by atoms with Crippen LogP contribution in [0.4, 0.5) is 5.69 Å². The number of ether oxygens (including phenoxy) is 2. The van der Waals surface area contributed by atoms with Crippen molar-refractivity contribution in [2.75, 3.05) is 19.5 Å². The highest BCUT2D eigenvalue weighted by molar-refractivity contribution is 7.09. The van der Waals surface area contributed by atoms with Gasteiger partial charge < -0.3 is 14.8 Å². The molecule has 3 unspecified atom stereocenters. The molecule has 23 heavy (non-hydrogen) atoms. The largest absolute Gasteiger partial charge is 0.469 e. The summed E-state index contributed by atoms with van der Waals surface area (Å²) in [6, 6.07) is 9.43. The van der Waals surface area contributed by atoms with E-state index in [2.05, 4.69) is 10.3 Å². The van der Waals surface area contributed by atoms with Gasteiger partial charge in [0.15, 0.2) is 0 Å². The minimum Gasteiger partial charge on any atom is -0.469 e. The van der Waals surface area contributed by atoms with Crippen molar-refractivity contribution < 1.29 is 14.3 Å². The van der Waals surface area contributed by atoms with Gasteiger partial charge in [0.1, 0.15) is 10.9 Å². The maximum atomic E-state index is 12.4. The fourth-order valence-electron chi connectivity index (χ4n) is 2.42. The van der Waals surface area contributed by atoms with E-state index in [1.165, 1.54) is 18.4 Å². The first-order valence-electron chi connectivity index (χ1n) is 7.41. The number of hydrogen-bond donors (Lipinski definition) is 1. The molecular weight excluding hydrogens is 312 g/mol. The number of hydrogen-bond acceptors (Lipinski definition) is 6. The van der Waals surface area contributed by atoms with E-state index >= 15 is 0 Å². The first-order valence-corrected chi connectivity index (χ1v) is 8.29. The van der Waals surface area contributed by atoms with E-state index in [4.69, 9.17) is 9.47 Å². The molecule has 2 rings (SSSR count). The summed E-state index contributed by atoms with van der Waals surface area (Å²) in [6.45, 7) is 3.80. The molecule has 1 heterocycles. The van der Waals surface area contributed by atoms with Crippen LogP contribution in [0.1, 0.15) is 23.7 Å². The molecule has 0 aliphatic rings. The Morgan fingerprint density at radius 1 is 1.26 bits per heavy atom. The Labute approximate surface area is 140 Å². The molecule has 0 saturated carbocycles. The summed E-state index contributed by atoms with van der Waals surface area (Å²) in [6.07, 6.45) is -0.312. The predicted molar refractivity (Wildman–Crippen MR) is 91.6 cm³/mol. The Morgan fingerprint density at radius 2 is 1.96 bits per heavy atom. The number of aromatic nitrogens is 1. The molecule has 1 aromatic carbocycles. The van der Waals surface area contributed by atoms with Crippen molar-refractivity contribution in [3.05, 3.63) is 46.4 Å². The number of methoxy groups -OCH3 is 2. The lowest BCUT2D eigenvalue weighted by Gasteiger charge is -2.29. The molecule has 6 heteroatoms. The molecule has 3 atom stereocenters. The minimum atomic E-state index is -0.504. The number of nitrogens with one attached hydrogen (secondary N) is 1. The second-order valence-electron chi connectivity index (χ2n) is 5.30. The number of carbonyl (C=O) groups excluding carboxylic acids is 1. The zero-order chi connectivity index (χ0) is 16.8. The van der Waals surface area contributed by atoms with Crippen molar-refractivity contribution in [1.82, 2.24) is 4.98 Å². The van der Waals surface area contributed by atoms with Crippen molar-refractivity contribution >= 4 is 23.0 Å². The molecule has 5 nitrogen and oxygen atoms in total. The third-order valence-electron chi connectivity index (χ3n) is 3.71. The number of para-hydroxylation sites is 1. The maximum absolute atomic E-state index is 12.4. The lowest BCUT2D eigenvalue weighted by molar-refractivity contribution is -0.150. The van der Waals surface area contributed by atoms with Crippen molar-refractivity contribution in [3.63, 3.8) is 0 Å². The molecule has 1 N–H and O–H groups in total. The maximum Gasteiger partial charge on any atom is 0.313 e. The van der Waals surface area contributed by atoms with Crippen LogP contribution >= 0.6 is 11.3 Å². The summed E-state index contributed by atoms with van der Waals surface area (Å²) in [5.41, 5.74) is 1.85. The van der Waals surface area contributed by atoms with Gasteiger partial charge in [0.25, 0.3) is 0 Å². The number of esters is 1. The van der Waals surface area contributed by atoms with Crippen LogP contribution < -0.4 is 5.32 Å². The van der Waals surface area contributed by atoms with Crippen molar-refractivity contribution in [3.8, 4) is 0 Å². The van der Waals surface area contributed by atoms with Crippen LogP contribution in [0.3, 0.4) is 0 Å². The molecular formula is C17H22N2O3S. The molecule has 0 aliphatic carbocycles. The van der Waals surface area contributed by atoms with Gasteiger partial charge in [-0.2, -0.15) is 0 Å². The summed E-state index contributed by atoms with van der Waals surface area (Å²) < 4.78 is 10.4. The highest BCUT2D eigenvalue weighted by atomic mass is 32.1. The number of anilines is 1. The predicted octanol–water partition coefficient (Wildman–Crippen LogP) is 3.43. The highest BCUT2D eigenvalue weighted by Crippen LogP contribution is 2.32. The van der Waals surface area contributed by atoms with Crippen LogP contribution in [0.5, 0.6) is 0 Å². The van der Waals surface area contributed by atoms with Crippen LogP contribution in [0.2, 0.25) is 0 Å². The zero-order valence-corrected chi connectivity index (χ0v) is 14.6. The second-order valence-corrected chi connectivity index (χ2v) is 6.19. The summed E-state index contributed by atoms with van der Waals surface area (Å²) >= 11 is 1.52. The lowest BCUT2D eigenvalue weighted by atomic mass is 9.94. The van der Waals surface area contributed by atoms with Gasteiger partial charge >= 0.3 is 5.97 Å². The van der Waals surface area contributed by atoms with Gasteiger partial charge in [0, 0.05) is 23.9 Å². The van der Waals surface area contributed by atoms with Crippen LogP contribution in [0.25, 0.3) is 0 Å². The van der Waals surface area contributed by atoms with E-state index in [1.807, 2.05) is 49.6 Å². The monoisotopic (exact) mass is 334 g/mol. The van der Waals surface area contributed by atoms with Crippen LogP contribution in [-0.4, -0.2) is 31.3 Å². The third-order valence-corrected chi connectivity index (χ3v) is 4.75. The van der Waals surface area contributed by atoms with Gasteiger partial charge in [-0.15, -0.1) is 11.3 Å². The van der Waals surface area contributed by atoms with E-state index in [0.717, 1.165) is 16.4 Å². The first kappa shape index (κ1) is 17.4. The zero-order valence-electron chi connectivity index (χ0n) is 13.8. The lowest BCUT2D eigenvalue weighted by Crippen LogP contribution is -2.37. The molecule has 0 spiro atoms. The van der Waals surface area contributed by atoms with Crippen LogP contribution in [0, 0.1) is 12.8 Å². The summed E-state index contributed by atoms with van der Waals surface area (Å²) in [5.74, 6) is -0.823. The molecule has 1 aromatic heterocycles. The Bertz CT molecular complexity index is 630. The number of rotatable bonds is 7. The Kier molecular flexibility index (Phi) is 6.12. The molecule has 0 saturated heterocycles. The summed E-state index contributed by atoms with van der Waals surface area (Å²) in [4.78, 5) is 16.9. The topological polar surface area (TPSA) is 60.5 Å². The summed E-state index contributed by atoms with van der Waals surface area (Å²) in [5, 5.41) is 6.22. The Balaban J connectivity index is 2.39. The Hall–Kier alpha value is -1.92. The van der Waals surface area contributed by atoms with Crippen molar-refractivity contribution in [2.24, 2.45) is 5.92 Å². The van der Waals surface area contributed by atoms with Crippen molar-refractivity contribution in [2.45, 2.75) is 26.0 Å². The molecule has 124 valence electrons. The minimum absolute atomic E-state index is 0.312. The molecule has 0 aliphatic heterocycles. The quantitative estimate of drug-likeness (QED) is 0.786. The number of carbonyl (C=O) groups is 1. The standard InChI is InChI=1S/C17H22N2O3S/c1-11-10-23-16(18-11)15(19-13-8-6-5-7-9-13)14(12(2)21-3)17(20)22-4/h5-10,12,14-15,19H,1-4H3. The highest BCUT2D eigenvalue weighted by Gasteiger charge is 2.37. The summed E-state index contributed by atoms with van der Waals surface area (Å²) in [7, 11) is 2.98. The third kappa shape index (κ3) is 4.30. The van der Waals surface area contributed by atoms with Gasteiger partial charge in [-0.1, -0.05) is 18.2 Å². The molecule has 0 fully saturated rings. The first-order chi connectivity index (χ1) is 11.1. The Morgan fingerprint density at radius 3 is 2.48 bits per heavy atom. The average molecular weight is 334 g/mol. The molecule has 0 amide bonds. The van der Waals surface area contributed by atoms with E-state index in [1.54, 1.807) is 7.11 Å². The van der Waals surface area contributed by atoms with Crippen LogP contribution in [0.15, 0.2) is 35.7 Å². The SMILES string of the molecule is COC(=O)C(C(C)OC)C(Nc1ccccc1)c1nc(C)cs1. The fraction of sp³-hybridized carbons (Fsp3) is 0.412. The van der Waals surface area contributed by atoms with Gasteiger partial charge in [-0.05, 0) is 26.0 Å². The number of aryl methyl sites for hydroxylation is 1. The molecule has 0 radical (unpaired) electrons. The number of benzene rings is 1. The average Bonchev–Trinajstić information content (AvgIpc) is 3.00. The van der Waals surface area contributed by atoms with E-state index in [9.17, 15) is 4.79 Å². The van der Waals surface area contributed by atoms with Gasteiger partial charge in [-0.3, -0.25) is 4.79 Å². The van der Waals surface area contributed by atoms with E-state index < -0.39 is 5.92 Å². The molecule has 2 aromatic rings. The van der Waals surface area contributed by atoms with Gasteiger partial charge in [-0.25, -0.2) is 4.98 Å². The van der Waals surface area contributed by atoms with Crippen molar-refractivity contribution in [1.29, 1.82) is 0 Å². The van der Waals surface area contributed by atoms with Gasteiger partial charge in [0.05, 0.1) is 19.3 Å². The van der Waals surface area contributed by atoms with E-state index in [-0.39, 0.29) is 18.1 Å². The normalized spacial score (nSPS) is 14.8. The smallest absolute Gasteiger partial charge is 0.313 e. The molecule has 0 bridgehead atoms. The van der Waals surface area contributed by atoms with Crippen LogP contribution in [-0.2, 0) is 14.3 Å². The number of nitrogens with zero attached hydrogens (tertiary/aromatic N) is 1.